The topological polar surface area (TPSA) is 119 Å². The Bertz CT molecular complexity index is 980. The van der Waals surface area contributed by atoms with Gasteiger partial charge in [0.05, 0.1) is 30.3 Å². The van der Waals surface area contributed by atoms with Crippen molar-refractivity contribution in [1.82, 2.24) is 0 Å². The van der Waals surface area contributed by atoms with Crippen molar-refractivity contribution in [2.24, 2.45) is 11.8 Å². The zero-order valence-corrected chi connectivity index (χ0v) is 19.1. The molecule has 0 radical (unpaired) electrons. The fourth-order valence-electron chi connectivity index (χ4n) is 4.72. The molecule has 0 aromatic carbocycles. The van der Waals surface area contributed by atoms with Crippen LogP contribution < -0.4 is 0 Å². The third-order valence-electron chi connectivity index (χ3n) is 6.55. The van der Waals surface area contributed by atoms with Crippen molar-refractivity contribution in [2.75, 3.05) is 19.8 Å². The number of hydrogen-bond acceptors (Lipinski definition) is 8. The Morgan fingerprint density at radius 3 is 2.61 bits per heavy atom. The number of ether oxygens (including phenoxy) is 3. The van der Waals surface area contributed by atoms with Crippen molar-refractivity contribution < 1.29 is 38.8 Å². The minimum atomic E-state index is -0.841. The summed E-state index contributed by atoms with van der Waals surface area (Å²) in [5.41, 5.74) is 3.72. The molecule has 3 rings (SSSR count). The SMILES string of the molecule is C=C1C(=O)OC2C3C(C)=CCC3=C(C)CC(OC(=O)C(=CC)COC(=O)C(=CCO)CO)C12. The van der Waals surface area contributed by atoms with Crippen LogP contribution in [0.5, 0.6) is 0 Å². The van der Waals surface area contributed by atoms with Gasteiger partial charge in [0.2, 0.25) is 0 Å². The highest BCUT2D eigenvalue weighted by molar-refractivity contribution is 5.93. The highest BCUT2D eigenvalue weighted by Gasteiger charge is 2.52. The first kappa shape index (κ1) is 24.7. The maximum atomic E-state index is 13.0. The van der Waals surface area contributed by atoms with E-state index >= 15 is 0 Å². The zero-order chi connectivity index (χ0) is 24.3. The highest BCUT2D eigenvalue weighted by atomic mass is 16.6. The molecule has 0 amide bonds. The minimum Gasteiger partial charge on any atom is -0.458 e. The Balaban J connectivity index is 1.77. The van der Waals surface area contributed by atoms with Gasteiger partial charge in [0.15, 0.2) is 0 Å². The monoisotopic (exact) mass is 458 g/mol. The second-order valence-corrected chi connectivity index (χ2v) is 8.46. The molecule has 33 heavy (non-hydrogen) atoms. The van der Waals surface area contributed by atoms with Crippen LogP contribution in [-0.2, 0) is 28.6 Å². The zero-order valence-electron chi connectivity index (χ0n) is 19.1. The molecule has 1 heterocycles. The van der Waals surface area contributed by atoms with Gasteiger partial charge in [-0.05, 0) is 33.3 Å². The van der Waals surface area contributed by atoms with Crippen LogP contribution in [0.2, 0.25) is 0 Å². The van der Waals surface area contributed by atoms with Gasteiger partial charge >= 0.3 is 17.9 Å². The first-order valence-corrected chi connectivity index (χ1v) is 10.9. The Kier molecular flexibility index (Phi) is 7.71. The largest absolute Gasteiger partial charge is 0.458 e. The van der Waals surface area contributed by atoms with Gasteiger partial charge in [-0.15, -0.1) is 0 Å². The third-order valence-corrected chi connectivity index (χ3v) is 6.55. The number of aliphatic hydroxyl groups is 2. The van der Waals surface area contributed by atoms with E-state index in [1.54, 1.807) is 6.92 Å². The van der Waals surface area contributed by atoms with Crippen molar-refractivity contribution in [2.45, 2.75) is 45.8 Å². The number of esters is 3. The molecule has 0 saturated carbocycles. The summed E-state index contributed by atoms with van der Waals surface area (Å²) in [5.74, 6) is -2.51. The quantitative estimate of drug-likeness (QED) is 0.258. The summed E-state index contributed by atoms with van der Waals surface area (Å²) in [6, 6.07) is 0. The van der Waals surface area contributed by atoms with E-state index in [2.05, 4.69) is 12.7 Å². The molecule has 4 unspecified atom stereocenters. The molecule has 178 valence electrons. The number of aliphatic hydroxyl groups excluding tert-OH is 2. The number of carbonyl (C=O) groups excluding carboxylic acids is 3. The molecule has 2 aliphatic carbocycles. The lowest BCUT2D eigenvalue weighted by molar-refractivity contribution is -0.149. The predicted octanol–water partition coefficient (Wildman–Crippen LogP) is 2.08. The molecule has 4 atom stereocenters. The first-order valence-electron chi connectivity index (χ1n) is 10.9. The average Bonchev–Trinajstić information content (AvgIpc) is 3.27. The Hall–Kier alpha value is -2.97. The van der Waals surface area contributed by atoms with Gasteiger partial charge in [0.25, 0.3) is 0 Å². The second-order valence-electron chi connectivity index (χ2n) is 8.46. The molecule has 2 N–H and O–H groups in total. The fraction of sp³-hybridized carbons (Fsp3) is 0.480. The van der Waals surface area contributed by atoms with E-state index in [0.29, 0.717) is 12.0 Å². The van der Waals surface area contributed by atoms with Gasteiger partial charge in [-0.1, -0.05) is 35.5 Å². The van der Waals surface area contributed by atoms with E-state index in [1.807, 2.05) is 13.8 Å². The molecular weight excluding hydrogens is 428 g/mol. The van der Waals surface area contributed by atoms with Crippen LogP contribution in [0.25, 0.3) is 0 Å². The average molecular weight is 459 g/mol. The van der Waals surface area contributed by atoms with E-state index in [0.717, 1.165) is 23.6 Å². The summed E-state index contributed by atoms with van der Waals surface area (Å²) in [7, 11) is 0. The van der Waals surface area contributed by atoms with E-state index in [-0.39, 0.29) is 23.7 Å². The molecule has 8 heteroatoms. The number of allylic oxidation sites excluding steroid dienone is 2. The number of rotatable bonds is 7. The molecule has 1 saturated heterocycles. The van der Waals surface area contributed by atoms with Crippen LogP contribution in [0.3, 0.4) is 0 Å². The van der Waals surface area contributed by atoms with Crippen LogP contribution in [-0.4, -0.2) is 60.1 Å². The summed E-state index contributed by atoms with van der Waals surface area (Å²) < 4.78 is 16.6. The number of fused-ring (bicyclic) bond motifs is 3. The Labute approximate surface area is 192 Å². The van der Waals surface area contributed by atoms with Crippen molar-refractivity contribution >= 4 is 17.9 Å². The predicted molar refractivity (Wildman–Crippen MR) is 119 cm³/mol. The maximum absolute atomic E-state index is 13.0. The van der Waals surface area contributed by atoms with Crippen molar-refractivity contribution in [3.8, 4) is 0 Å². The van der Waals surface area contributed by atoms with Crippen molar-refractivity contribution in [3.05, 3.63) is 58.2 Å². The Morgan fingerprint density at radius 2 is 1.97 bits per heavy atom. The second kappa shape index (κ2) is 10.3. The molecule has 1 aliphatic heterocycles. The van der Waals surface area contributed by atoms with Gasteiger partial charge in [-0.25, -0.2) is 14.4 Å². The minimum absolute atomic E-state index is 0.0424. The molecule has 3 aliphatic rings. The standard InChI is InChI=1S/C25H30O8/c1-5-16(12-31-24(29)17(11-27)8-9-26)25(30)32-19-10-14(3)18-7-6-13(2)20(18)22-21(19)15(4)23(28)33-22/h5-6,8,19-22,26-27H,4,7,9-12H2,1-3H3. The summed E-state index contributed by atoms with van der Waals surface area (Å²) in [6.45, 7) is 8.16. The molecule has 0 spiro atoms. The number of hydrogen-bond donors (Lipinski definition) is 2. The first-order chi connectivity index (χ1) is 15.7. The van der Waals surface area contributed by atoms with Crippen LogP contribution in [0, 0.1) is 11.8 Å². The smallest absolute Gasteiger partial charge is 0.337 e. The third kappa shape index (κ3) is 4.86. The molecule has 1 fully saturated rings. The summed E-state index contributed by atoms with van der Waals surface area (Å²) in [4.78, 5) is 37.4. The van der Waals surface area contributed by atoms with Crippen LogP contribution >= 0.6 is 0 Å². The van der Waals surface area contributed by atoms with E-state index < -0.39 is 49.2 Å². The molecular formula is C25H30O8. The van der Waals surface area contributed by atoms with E-state index in [4.69, 9.17) is 19.3 Å². The summed E-state index contributed by atoms with van der Waals surface area (Å²) in [6.07, 6.45) is 4.85. The van der Waals surface area contributed by atoms with Gasteiger partial charge < -0.3 is 24.4 Å². The van der Waals surface area contributed by atoms with Crippen molar-refractivity contribution in [1.29, 1.82) is 0 Å². The van der Waals surface area contributed by atoms with E-state index in [9.17, 15) is 19.5 Å². The normalized spacial score (nSPS) is 27.5. The summed E-state index contributed by atoms with van der Waals surface area (Å²) >= 11 is 0. The van der Waals surface area contributed by atoms with Gasteiger partial charge in [0.1, 0.15) is 18.8 Å². The van der Waals surface area contributed by atoms with Gasteiger partial charge in [-0.2, -0.15) is 0 Å². The lowest BCUT2D eigenvalue weighted by atomic mass is 9.82. The van der Waals surface area contributed by atoms with Gasteiger partial charge in [0, 0.05) is 17.9 Å². The van der Waals surface area contributed by atoms with Gasteiger partial charge in [-0.3, -0.25) is 0 Å². The fourth-order valence-corrected chi connectivity index (χ4v) is 4.72. The molecule has 0 aromatic rings. The lowest BCUT2D eigenvalue weighted by Crippen LogP contribution is -2.36. The Morgan fingerprint density at radius 1 is 1.24 bits per heavy atom. The molecule has 0 bridgehead atoms. The molecule has 8 nitrogen and oxygen atoms in total. The van der Waals surface area contributed by atoms with Crippen LogP contribution in [0.1, 0.15) is 33.6 Å². The van der Waals surface area contributed by atoms with Crippen molar-refractivity contribution in [3.63, 3.8) is 0 Å². The summed E-state index contributed by atoms with van der Waals surface area (Å²) in [5, 5.41) is 18.1. The van der Waals surface area contributed by atoms with Crippen LogP contribution in [0.4, 0.5) is 0 Å². The van der Waals surface area contributed by atoms with Crippen LogP contribution in [0.15, 0.2) is 58.2 Å². The number of carbonyl (C=O) groups is 3. The molecule has 0 aromatic heterocycles. The lowest BCUT2D eigenvalue weighted by Gasteiger charge is -2.28. The highest BCUT2D eigenvalue weighted by Crippen LogP contribution is 2.49. The van der Waals surface area contributed by atoms with E-state index in [1.165, 1.54) is 11.6 Å². The maximum Gasteiger partial charge on any atom is 0.337 e.